The Balaban J connectivity index is 3.50. The van der Waals surface area contributed by atoms with Crippen LogP contribution < -0.4 is 21.9 Å². The number of allylic oxidation sites excluding steroid dienone is 1. The largest absolute Gasteiger partial charge is 0.401 e. The summed E-state index contributed by atoms with van der Waals surface area (Å²) in [5.74, 6) is 0. The summed E-state index contributed by atoms with van der Waals surface area (Å²) in [6.45, 7) is 8.39. The van der Waals surface area contributed by atoms with Crippen molar-refractivity contribution >= 4 is 0 Å². The van der Waals surface area contributed by atoms with Crippen molar-refractivity contribution in [2.45, 2.75) is 38.1 Å². The van der Waals surface area contributed by atoms with Crippen molar-refractivity contribution in [3.8, 4) is 0 Å². The lowest BCUT2D eigenvalue weighted by atomic mass is 10.2. The van der Waals surface area contributed by atoms with E-state index < -0.39 is 0 Å². The van der Waals surface area contributed by atoms with Gasteiger partial charge in [0.2, 0.25) is 0 Å². The maximum atomic E-state index is 5.87. The molecule has 0 aromatic rings. The molecule has 0 radical (unpaired) electrons. The van der Waals surface area contributed by atoms with Crippen LogP contribution in [-0.4, -0.2) is 19.6 Å². The zero-order valence-electron chi connectivity index (χ0n) is 11.5. The van der Waals surface area contributed by atoms with Crippen LogP contribution in [0.2, 0.25) is 0 Å². The fourth-order valence-corrected chi connectivity index (χ4v) is 1.51. The van der Waals surface area contributed by atoms with E-state index in [4.69, 9.17) is 5.73 Å². The summed E-state index contributed by atoms with van der Waals surface area (Å²) in [4.78, 5) is 0. The average Bonchev–Trinajstić information content (AvgIpc) is 2.39. The number of hydrogen-bond acceptors (Lipinski definition) is 4. The van der Waals surface area contributed by atoms with Gasteiger partial charge in [0, 0.05) is 30.9 Å². The van der Waals surface area contributed by atoms with Gasteiger partial charge in [-0.15, -0.1) is 13.2 Å². The topological polar surface area (TPSA) is 62.1 Å². The number of hydrogen-bond donors (Lipinski definition) is 4. The molecule has 0 aliphatic rings. The minimum atomic E-state index is 0.224. The lowest BCUT2D eigenvalue weighted by molar-refractivity contribution is 0.564. The van der Waals surface area contributed by atoms with E-state index >= 15 is 0 Å². The van der Waals surface area contributed by atoms with Crippen molar-refractivity contribution < 1.29 is 0 Å². The summed E-state index contributed by atoms with van der Waals surface area (Å²) in [7, 11) is 1.90. The molecule has 1 unspecified atom stereocenters. The molecule has 104 valence electrons. The molecule has 0 bridgehead atoms. The number of rotatable bonds is 12. The second kappa shape index (κ2) is 12.2. The fraction of sp³-hybridized carbons (Fsp3) is 0.571. The molecule has 0 saturated carbocycles. The SMILES string of the molecule is C=CCCCCCNN/C=C(\N)CC(C=C)NC. The zero-order chi connectivity index (χ0) is 13.6. The number of nitrogens with two attached hydrogens (primary N) is 1. The van der Waals surface area contributed by atoms with Gasteiger partial charge in [0.05, 0.1) is 0 Å². The van der Waals surface area contributed by atoms with Gasteiger partial charge in [-0.3, -0.25) is 0 Å². The molecule has 0 aliphatic heterocycles. The van der Waals surface area contributed by atoms with Crippen molar-refractivity contribution in [2.24, 2.45) is 5.73 Å². The van der Waals surface area contributed by atoms with Gasteiger partial charge >= 0.3 is 0 Å². The molecule has 4 heteroatoms. The fourth-order valence-electron chi connectivity index (χ4n) is 1.51. The lowest BCUT2D eigenvalue weighted by Crippen LogP contribution is -2.30. The predicted molar refractivity (Wildman–Crippen MR) is 79.7 cm³/mol. The Morgan fingerprint density at radius 2 is 2.06 bits per heavy atom. The van der Waals surface area contributed by atoms with E-state index in [-0.39, 0.29) is 6.04 Å². The van der Waals surface area contributed by atoms with Crippen molar-refractivity contribution in [3.05, 3.63) is 37.2 Å². The molecule has 0 rings (SSSR count). The normalized spacial score (nSPS) is 13.1. The van der Waals surface area contributed by atoms with Gasteiger partial charge in [-0.05, 0) is 26.3 Å². The highest BCUT2D eigenvalue weighted by Crippen LogP contribution is 1.99. The molecule has 0 fully saturated rings. The van der Waals surface area contributed by atoms with Gasteiger partial charge in [-0.2, -0.15) is 0 Å². The maximum absolute atomic E-state index is 5.87. The molecule has 0 aliphatic carbocycles. The van der Waals surface area contributed by atoms with E-state index in [0.29, 0.717) is 0 Å². The molecule has 0 saturated heterocycles. The minimum absolute atomic E-state index is 0.224. The molecule has 0 amide bonds. The summed E-state index contributed by atoms with van der Waals surface area (Å²) in [6, 6.07) is 0.224. The van der Waals surface area contributed by atoms with Crippen LogP contribution in [0.25, 0.3) is 0 Å². The van der Waals surface area contributed by atoms with E-state index in [1.54, 1.807) is 6.20 Å². The van der Waals surface area contributed by atoms with Crippen LogP contribution in [0.4, 0.5) is 0 Å². The standard InChI is InChI=1S/C14H28N4/c1-4-6-7-8-9-10-17-18-12-13(15)11-14(5-2)16-3/h4-5,12,14,16-18H,1-2,6-11,15H2,3H3/b13-12-. The van der Waals surface area contributed by atoms with Gasteiger partial charge in [0.25, 0.3) is 0 Å². The van der Waals surface area contributed by atoms with Crippen LogP contribution in [0.3, 0.4) is 0 Å². The first-order valence-electron chi connectivity index (χ1n) is 6.58. The Bertz CT molecular complexity index is 248. The first-order valence-corrected chi connectivity index (χ1v) is 6.58. The molecule has 0 spiro atoms. The third kappa shape index (κ3) is 9.93. The second-order valence-corrected chi connectivity index (χ2v) is 4.26. The lowest BCUT2D eigenvalue weighted by Gasteiger charge is -2.11. The number of likely N-dealkylation sites (N-methyl/N-ethyl adjacent to an activating group) is 1. The van der Waals surface area contributed by atoms with E-state index in [1.807, 2.05) is 19.2 Å². The third-order valence-electron chi connectivity index (χ3n) is 2.68. The first-order chi connectivity index (χ1) is 8.74. The van der Waals surface area contributed by atoms with Crippen LogP contribution in [0.5, 0.6) is 0 Å². The molecule has 0 aromatic carbocycles. The van der Waals surface area contributed by atoms with E-state index in [1.165, 1.54) is 12.8 Å². The molecule has 0 aromatic heterocycles. The van der Waals surface area contributed by atoms with Crippen molar-refractivity contribution in [2.75, 3.05) is 13.6 Å². The monoisotopic (exact) mass is 252 g/mol. The Hall–Kier alpha value is -1.26. The highest BCUT2D eigenvalue weighted by molar-refractivity contribution is 5.01. The van der Waals surface area contributed by atoms with Crippen LogP contribution in [-0.2, 0) is 0 Å². The van der Waals surface area contributed by atoms with Crippen LogP contribution >= 0.6 is 0 Å². The number of unbranched alkanes of at least 4 members (excludes halogenated alkanes) is 3. The zero-order valence-corrected chi connectivity index (χ0v) is 11.5. The highest BCUT2D eigenvalue weighted by Gasteiger charge is 2.01. The van der Waals surface area contributed by atoms with Crippen LogP contribution in [0.15, 0.2) is 37.2 Å². The van der Waals surface area contributed by atoms with Crippen molar-refractivity contribution in [1.82, 2.24) is 16.2 Å². The quantitative estimate of drug-likeness (QED) is 0.243. The first kappa shape index (κ1) is 16.7. The van der Waals surface area contributed by atoms with Gasteiger partial charge in [0.15, 0.2) is 0 Å². The van der Waals surface area contributed by atoms with Gasteiger partial charge in [-0.1, -0.05) is 18.6 Å². The van der Waals surface area contributed by atoms with Crippen LogP contribution in [0, 0.1) is 0 Å². The van der Waals surface area contributed by atoms with Crippen LogP contribution in [0.1, 0.15) is 32.1 Å². The number of hydrazine groups is 1. The molecule has 0 heterocycles. The second-order valence-electron chi connectivity index (χ2n) is 4.26. The highest BCUT2D eigenvalue weighted by atomic mass is 15.3. The molecule has 4 nitrogen and oxygen atoms in total. The summed E-state index contributed by atoms with van der Waals surface area (Å²) in [6.07, 6.45) is 11.1. The Kier molecular flexibility index (Phi) is 11.3. The van der Waals surface area contributed by atoms with E-state index in [2.05, 4.69) is 29.3 Å². The molecular formula is C14H28N4. The van der Waals surface area contributed by atoms with Gasteiger partial charge < -0.3 is 16.5 Å². The average molecular weight is 252 g/mol. The van der Waals surface area contributed by atoms with Gasteiger partial charge in [0.1, 0.15) is 0 Å². The van der Waals surface area contributed by atoms with Crippen molar-refractivity contribution in [1.29, 1.82) is 0 Å². The molecule has 5 N–H and O–H groups in total. The molecule has 1 atom stereocenters. The minimum Gasteiger partial charge on any atom is -0.401 e. The Morgan fingerprint density at radius 1 is 1.28 bits per heavy atom. The summed E-state index contributed by atoms with van der Waals surface area (Å²) in [5.41, 5.74) is 12.8. The smallest absolute Gasteiger partial charge is 0.0313 e. The van der Waals surface area contributed by atoms with Gasteiger partial charge in [-0.25, -0.2) is 5.43 Å². The van der Waals surface area contributed by atoms with E-state index in [9.17, 15) is 0 Å². The molecular weight excluding hydrogens is 224 g/mol. The summed E-state index contributed by atoms with van der Waals surface area (Å²) in [5, 5.41) is 3.12. The third-order valence-corrected chi connectivity index (χ3v) is 2.68. The molecule has 18 heavy (non-hydrogen) atoms. The Morgan fingerprint density at radius 3 is 2.67 bits per heavy atom. The predicted octanol–water partition coefficient (Wildman–Crippen LogP) is 1.79. The summed E-state index contributed by atoms with van der Waals surface area (Å²) < 4.78 is 0. The number of nitrogens with one attached hydrogen (secondary N) is 3. The summed E-state index contributed by atoms with van der Waals surface area (Å²) >= 11 is 0. The van der Waals surface area contributed by atoms with Crippen molar-refractivity contribution in [3.63, 3.8) is 0 Å². The van der Waals surface area contributed by atoms with E-state index in [0.717, 1.165) is 31.5 Å². The Labute approximate surface area is 111 Å². The maximum Gasteiger partial charge on any atom is 0.0313 e.